The van der Waals surface area contributed by atoms with Crippen molar-refractivity contribution in [3.8, 4) is 5.75 Å². The first-order valence-electron chi connectivity index (χ1n) is 6.77. The van der Waals surface area contributed by atoms with Crippen LogP contribution in [0.3, 0.4) is 0 Å². The van der Waals surface area contributed by atoms with Gasteiger partial charge in [0.05, 0.1) is 25.4 Å². The molecule has 1 heterocycles. The molecule has 3 heteroatoms. The van der Waals surface area contributed by atoms with Gasteiger partial charge in [-0.1, -0.05) is 19.1 Å². The van der Waals surface area contributed by atoms with E-state index in [2.05, 4.69) is 31.3 Å². The molecule has 1 aromatic rings. The summed E-state index contributed by atoms with van der Waals surface area (Å²) in [7, 11) is 1.69. The Kier molecular flexibility index (Phi) is 4.61. The van der Waals surface area contributed by atoms with E-state index in [1.807, 2.05) is 12.1 Å². The number of hydrogen-bond donors (Lipinski definition) is 1. The summed E-state index contributed by atoms with van der Waals surface area (Å²) in [5.74, 6) is 0.898. The number of likely N-dealkylation sites (N-methyl/N-ethyl adjacent to an activating group) is 1. The van der Waals surface area contributed by atoms with Crippen LogP contribution in [0.2, 0.25) is 0 Å². The number of hydrogen-bond acceptors (Lipinski definition) is 3. The highest BCUT2D eigenvalue weighted by molar-refractivity contribution is 5.29. The number of ether oxygens (including phenoxy) is 2. The molecule has 100 valence electrons. The van der Waals surface area contributed by atoms with Crippen molar-refractivity contribution >= 4 is 0 Å². The molecule has 2 rings (SSSR count). The fraction of sp³-hybridized carbons (Fsp3) is 0.600. The maximum absolute atomic E-state index is 5.99. The highest BCUT2D eigenvalue weighted by Crippen LogP contribution is 2.30. The zero-order valence-corrected chi connectivity index (χ0v) is 11.5. The van der Waals surface area contributed by atoms with E-state index in [1.165, 1.54) is 5.56 Å². The second-order valence-electron chi connectivity index (χ2n) is 4.87. The molecule has 0 aromatic heterocycles. The van der Waals surface area contributed by atoms with Gasteiger partial charge in [-0.25, -0.2) is 0 Å². The molecule has 18 heavy (non-hydrogen) atoms. The van der Waals surface area contributed by atoms with Gasteiger partial charge in [0.15, 0.2) is 0 Å². The Balaban J connectivity index is 2.12. The lowest BCUT2D eigenvalue weighted by Gasteiger charge is -2.25. The first kappa shape index (κ1) is 13.4. The van der Waals surface area contributed by atoms with Crippen molar-refractivity contribution in [1.29, 1.82) is 0 Å². The van der Waals surface area contributed by atoms with Crippen LogP contribution in [-0.2, 0) is 4.74 Å². The average molecular weight is 249 g/mol. The Morgan fingerprint density at radius 2 is 2.06 bits per heavy atom. The van der Waals surface area contributed by atoms with E-state index >= 15 is 0 Å². The molecule has 1 N–H and O–H groups in total. The van der Waals surface area contributed by atoms with Crippen LogP contribution in [0, 0.1) is 0 Å². The van der Waals surface area contributed by atoms with Gasteiger partial charge in [-0.05, 0) is 44.0 Å². The molecule has 0 radical (unpaired) electrons. The van der Waals surface area contributed by atoms with Crippen LogP contribution < -0.4 is 10.1 Å². The smallest absolute Gasteiger partial charge is 0.118 e. The summed E-state index contributed by atoms with van der Waals surface area (Å²) in [5.41, 5.74) is 1.27. The van der Waals surface area contributed by atoms with E-state index in [0.29, 0.717) is 6.10 Å². The van der Waals surface area contributed by atoms with E-state index in [1.54, 1.807) is 7.11 Å². The minimum absolute atomic E-state index is 0.283. The molecule has 0 amide bonds. The van der Waals surface area contributed by atoms with Crippen LogP contribution in [0.15, 0.2) is 24.3 Å². The molecule has 0 aliphatic carbocycles. The van der Waals surface area contributed by atoms with Gasteiger partial charge in [-0.15, -0.1) is 0 Å². The van der Waals surface area contributed by atoms with E-state index in [9.17, 15) is 0 Å². The normalized spacial score (nSPS) is 25.1. The number of rotatable bonds is 5. The van der Waals surface area contributed by atoms with Crippen LogP contribution in [0.1, 0.15) is 38.3 Å². The van der Waals surface area contributed by atoms with Crippen LogP contribution in [0.4, 0.5) is 0 Å². The lowest BCUT2D eigenvalue weighted by atomic mass is 9.99. The SMILES string of the molecule is CCNC(c1ccc(OC)cc1)C1CCC(C)O1. The van der Waals surface area contributed by atoms with Crippen LogP contribution >= 0.6 is 0 Å². The Morgan fingerprint density at radius 1 is 1.33 bits per heavy atom. The van der Waals surface area contributed by atoms with E-state index in [-0.39, 0.29) is 12.1 Å². The molecule has 1 aliphatic rings. The third-order valence-electron chi connectivity index (χ3n) is 3.54. The zero-order chi connectivity index (χ0) is 13.0. The minimum Gasteiger partial charge on any atom is -0.497 e. The monoisotopic (exact) mass is 249 g/mol. The Bertz CT molecular complexity index is 363. The van der Waals surface area contributed by atoms with Gasteiger partial charge in [0.2, 0.25) is 0 Å². The first-order valence-corrected chi connectivity index (χ1v) is 6.77. The molecule has 0 spiro atoms. The molecule has 3 atom stereocenters. The average Bonchev–Trinajstić information content (AvgIpc) is 2.82. The fourth-order valence-corrected chi connectivity index (χ4v) is 2.57. The number of nitrogens with one attached hydrogen (secondary N) is 1. The molecule has 1 saturated heterocycles. The predicted octanol–water partition coefficient (Wildman–Crippen LogP) is 2.91. The molecule has 0 saturated carbocycles. The molecule has 3 nitrogen and oxygen atoms in total. The van der Waals surface area contributed by atoms with Crippen molar-refractivity contribution in [2.45, 2.75) is 44.9 Å². The number of benzene rings is 1. The largest absolute Gasteiger partial charge is 0.497 e. The van der Waals surface area contributed by atoms with Crippen molar-refractivity contribution in [1.82, 2.24) is 5.32 Å². The standard InChI is InChI=1S/C15H23NO2/c1-4-16-15(14-10-5-11(2)18-14)12-6-8-13(17-3)9-7-12/h6-9,11,14-16H,4-5,10H2,1-3H3. The van der Waals surface area contributed by atoms with Crippen LogP contribution in [0.25, 0.3) is 0 Å². The third-order valence-corrected chi connectivity index (χ3v) is 3.54. The van der Waals surface area contributed by atoms with Gasteiger partial charge >= 0.3 is 0 Å². The zero-order valence-electron chi connectivity index (χ0n) is 11.5. The van der Waals surface area contributed by atoms with Crippen molar-refractivity contribution in [2.24, 2.45) is 0 Å². The van der Waals surface area contributed by atoms with E-state index < -0.39 is 0 Å². The fourth-order valence-electron chi connectivity index (χ4n) is 2.57. The van der Waals surface area contributed by atoms with E-state index in [0.717, 1.165) is 25.1 Å². The van der Waals surface area contributed by atoms with Crippen molar-refractivity contribution in [3.63, 3.8) is 0 Å². The third kappa shape index (κ3) is 3.03. The summed E-state index contributed by atoms with van der Waals surface area (Å²) in [6.07, 6.45) is 2.95. The highest BCUT2D eigenvalue weighted by atomic mass is 16.5. The van der Waals surface area contributed by atoms with Crippen LogP contribution in [0.5, 0.6) is 5.75 Å². The minimum atomic E-state index is 0.283. The Labute approximate surface area is 109 Å². The summed E-state index contributed by atoms with van der Waals surface area (Å²) in [5, 5.41) is 3.53. The van der Waals surface area contributed by atoms with Crippen molar-refractivity contribution < 1.29 is 9.47 Å². The van der Waals surface area contributed by atoms with E-state index in [4.69, 9.17) is 9.47 Å². The lowest BCUT2D eigenvalue weighted by molar-refractivity contribution is 0.0319. The summed E-state index contributed by atoms with van der Waals surface area (Å²) in [4.78, 5) is 0. The second kappa shape index (κ2) is 6.21. The predicted molar refractivity (Wildman–Crippen MR) is 73.0 cm³/mol. The van der Waals surface area contributed by atoms with Gasteiger partial charge in [0.1, 0.15) is 5.75 Å². The van der Waals surface area contributed by atoms with Gasteiger partial charge in [-0.2, -0.15) is 0 Å². The quantitative estimate of drug-likeness (QED) is 0.870. The second-order valence-corrected chi connectivity index (χ2v) is 4.87. The van der Waals surface area contributed by atoms with Gasteiger partial charge in [-0.3, -0.25) is 0 Å². The van der Waals surface area contributed by atoms with Gasteiger partial charge < -0.3 is 14.8 Å². The summed E-state index contributed by atoms with van der Waals surface area (Å²) in [6.45, 7) is 5.23. The molecule has 1 aromatic carbocycles. The molecule has 1 fully saturated rings. The molecule has 3 unspecified atom stereocenters. The first-order chi connectivity index (χ1) is 8.74. The highest BCUT2D eigenvalue weighted by Gasteiger charge is 2.30. The Morgan fingerprint density at radius 3 is 2.56 bits per heavy atom. The maximum Gasteiger partial charge on any atom is 0.118 e. The molecule has 1 aliphatic heterocycles. The Hall–Kier alpha value is -1.06. The molecular formula is C15H23NO2. The van der Waals surface area contributed by atoms with Crippen molar-refractivity contribution in [3.05, 3.63) is 29.8 Å². The number of methoxy groups -OCH3 is 1. The van der Waals surface area contributed by atoms with Crippen LogP contribution in [-0.4, -0.2) is 25.9 Å². The maximum atomic E-state index is 5.99. The topological polar surface area (TPSA) is 30.5 Å². The van der Waals surface area contributed by atoms with Crippen molar-refractivity contribution in [2.75, 3.05) is 13.7 Å². The molecule has 0 bridgehead atoms. The van der Waals surface area contributed by atoms with Gasteiger partial charge in [0, 0.05) is 0 Å². The summed E-state index contributed by atoms with van der Waals surface area (Å²) >= 11 is 0. The lowest BCUT2D eigenvalue weighted by Crippen LogP contribution is -2.32. The molecular weight excluding hydrogens is 226 g/mol. The van der Waals surface area contributed by atoms with Gasteiger partial charge in [0.25, 0.3) is 0 Å². The summed E-state index contributed by atoms with van der Waals surface area (Å²) in [6, 6.07) is 8.55. The summed E-state index contributed by atoms with van der Waals surface area (Å²) < 4.78 is 11.2.